The molecule has 0 aromatic carbocycles. The lowest BCUT2D eigenvalue weighted by Crippen LogP contribution is -2.58. The van der Waals surface area contributed by atoms with Crippen molar-refractivity contribution in [3.05, 3.63) is 52.2 Å². The smallest absolute Gasteiger partial charge is 0.394 e. The number of nitrogens with one attached hydrogen (secondary N) is 3. The van der Waals surface area contributed by atoms with Gasteiger partial charge in [0.2, 0.25) is 5.95 Å². The van der Waals surface area contributed by atoms with Crippen LogP contribution in [0.5, 0.6) is 0 Å². The van der Waals surface area contributed by atoms with Crippen LogP contribution in [-0.2, 0) is 12.4 Å². The van der Waals surface area contributed by atoms with Crippen molar-refractivity contribution in [3.8, 4) is 0 Å². The van der Waals surface area contributed by atoms with Crippen LogP contribution in [0.25, 0.3) is 0 Å². The summed E-state index contributed by atoms with van der Waals surface area (Å²) in [6, 6.07) is -1.79. The van der Waals surface area contributed by atoms with Crippen LogP contribution in [0.15, 0.2) is 35.5 Å². The van der Waals surface area contributed by atoms with Crippen molar-refractivity contribution in [1.29, 1.82) is 0 Å². The third-order valence-corrected chi connectivity index (χ3v) is 5.52. The quantitative estimate of drug-likeness (QED) is 0.303. The predicted octanol–water partition coefficient (Wildman–Crippen LogP) is 1.85. The number of carbonyl (C=O) groups is 1. The molecule has 2 atom stereocenters. The Balaban J connectivity index is 1.52. The number of aliphatic hydroxyl groups is 1. The summed E-state index contributed by atoms with van der Waals surface area (Å²) in [6.07, 6.45) is -4.34. The number of aromatic amines is 1. The fraction of sp³-hybridized carbons (Fsp3) is 0.476. The molecule has 4 N–H and O–H groups in total. The Labute approximate surface area is 211 Å². The highest BCUT2D eigenvalue weighted by Crippen LogP contribution is 2.32. The zero-order valence-electron chi connectivity index (χ0n) is 19.8. The van der Waals surface area contributed by atoms with Gasteiger partial charge >= 0.3 is 18.4 Å². The van der Waals surface area contributed by atoms with E-state index in [4.69, 9.17) is 0 Å². The summed E-state index contributed by atoms with van der Waals surface area (Å²) in [5.74, 6) is -0.00850. The van der Waals surface area contributed by atoms with E-state index in [0.29, 0.717) is 12.4 Å². The molecule has 2 aromatic rings. The Morgan fingerprint density at radius 3 is 2.47 bits per heavy atom. The van der Waals surface area contributed by atoms with Crippen LogP contribution >= 0.6 is 0 Å². The second-order valence-electron chi connectivity index (χ2n) is 8.28. The number of aromatic nitrogens is 4. The highest BCUT2D eigenvalue weighted by Gasteiger charge is 2.37. The van der Waals surface area contributed by atoms with Crippen LogP contribution in [0.4, 0.5) is 42.8 Å². The summed E-state index contributed by atoms with van der Waals surface area (Å²) in [7, 11) is 0. The van der Waals surface area contributed by atoms with E-state index in [1.807, 2.05) is 0 Å². The van der Waals surface area contributed by atoms with E-state index in [-0.39, 0.29) is 32.1 Å². The van der Waals surface area contributed by atoms with E-state index in [0.717, 1.165) is 6.20 Å². The molecular formula is C21H24F6N8O3. The lowest BCUT2D eigenvalue weighted by molar-refractivity contribution is -0.139. The molecule has 38 heavy (non-hydrogen) atoms. The number of halogens is 6. The van der Waals surface area contributed by atoms with Crippen molar-refractivity contribution in [3.63, 3.8) is 0 Å². The molecule has 11 nitrogen and oxygen atoms in total. The number of hydrogen-bond acceptors (Lipinski definition) is 8. The molecule has 0 saturated carbocycles. The number of alkyl halides is 6. The molecule has 2 aromatic heterocycles. The molecule has 17 heteroatoms. The minimum atomic E-state index is -4.88. The van der Waals surface area contributed by atoms with Gasteiger partial charge in [0.25, 0.3) is 5.56 Å². The normalized spacial score (nSPS) is 17.5. The van der Waals surface area contributed by atoms with Crippen molar-refractivity contribution in [1.82, 2.24) is 30.4 Å². The molecule has 0 aliphatic carbocycles. The van der Waals surface area contributed by atoms with Crippen LogP contribution in [-0.4, -0.2) is 81.1 Å². The van der Waals surface area contributed by atoms with Gasteiger partial charge in [0, 0.05) is 44.6 Å². The molecule has 0 radical (unpaired) electrons. The van der Waals surface area contributed by atoms with Crippen molar-refractivity contribution in [2.45, 2.75) is 31.4 Å². The van der Waals surface area contributed by atoms with Gasteiger partial charge in [-0.1, -0.05) is 12.2 Å². The van der Waals surface area contributed by atoms with Gasteiger partial charge in [0.05, 0.1) is 30.1 Å². The van der Waals surface area contributed by atoms with E-state index in [1.54, 1.807) is 5.10 Å². The van der Waals surface area contributed by atoms with Crippen LogP contribution in [0.1, 0.15) is 18.1 Å². The molecule has 2 amide bonds. The van der Waals surface area contributed by atoms with Gasteiger partial charge in [0.1, 0.15) is 5.56 Å². The number of aliphatic hydroxyl groups excluding tert-OH is 1. The van der Waals surface area contributed by atoms with Gasteiger partial charge in [-0.3, -0.25) is 4.79 Å². The van der Waals surface area contributed by atoms with Crippen molar-refractivity contribution in [2.24, 2.45) is 0 Å². The number of rotatable bonds is 7. The largest absolute Gasteiger partial charge is 0.423 e. The molecule has 1 fully saturated rings. The average Bonchev–Trinajstić information content (AvgIpc) is 2.85. The van der Waals surface area contributed by atoms with E-state index < -0.39 is 59.4 Å². The van der Waals surface area contributed by atoms with Gasteiger partial charge < -0.3 is 25.5 Å². The molecular weight excluding hydrogens is 526 g/mol. The molecule has 0 bridgehead atoms. The fourth-order valence-corrected chi connectivity index (χ4v) is 3.69. The highest BCUT2D eigenvalue weighted by atomic mass is 19.4. The molecule has 1 aliphatic rings. The fourth-order valence-electron chi connectivity index (χ4n) is 3.69. The Morgan fingerprint density at radius 2 is 1.87 bits per heavy atom. The number of nitrogens with zero attached hydrogens (tertiary/aromatic N) is 5. The second kappa shape index (κ2) is 11.7. The summed E-state index contributed by atoms with van der Waals surface area (Å²) in [4.78, 5) is 34.4. The molecule has 1 saturated heterocycles. The zero-order chi connectivity index (χ0) is 28.1. The van der Waals surface area contributed by atoms with Gasteiger partial charge in [-0.05, 0) is 6.92 Å². The van der Waals surface area contributed by atoms with Gasteiger partial charge in [-0.15, -0.1) is 0 Å². The summed E-state index contributed by atoms with van der Waals surface area (Å²) in [5, 5.41) is 20.0. The van der Waals surface area contributed by atoms with Gasteiger partial charge in [0.15, 0.2) is 0 Å². The topological polar surface area (TPSA) is 139 Å². The monoisotopic (exact) mass is 550 g/mol. The summed E-state index contributed by atoms with van der Waals surface area (Å²) in [6.45, 7) is 1.53. The number of piperazine rings is 1. The first-order chi connectivity index (χ1) is 17.8. The first-order valence-electron chi connectivity index (χ1n) is 11.2. The average molecular weight is 550 g/mol. The molecule has 0 spiro atoms. The Kier molecular flexibility index (Phi) is 8.80. The lowest BCUT2D eigenvalue weighted by Gasteiger charge is -2.40. The first kappa shape index (κ1) is 28.7. The molecule has 208 valence electrons. The molecule has 3 rings (SSSR count). The van der Waals surface area contributed by atoms with Crippen molar-refractivity contribution in [2.75, 3.05) is 43.0 Å². The molecule has 2 unspecified atom stereocenters. The third-order valence-electron chi connectivity index (χ3n) is 5.52. The van der Waals surface area contributed by atoms with E-state index in [1.165, 1.54) is 28.9 Å². The second-order valence-corrected chi connectivity index (χ2v) is 8.28. The standard InChI is InChI=1S/C21H24F6N8O3/c1-12(32-15-9-31-33-17(37)16(15)21(25,26)27)3-2-4-28-19(38)34-5-6-35(14(10-34)11-36)18-29-7-13(8-30-18)20(22,23)24/h2-3,7-9,12,14,36H,4-6,10-11H2,1H3,(H,28,38)(H2,32,33,37)/b3-2+. The Hall–Kier alpha value is -3.89. The van der Waals surface area contributed by atoms with E-state index in [2.05, 4.69) is 25.7 Å². The van der Waals surface area contributed by atoms with Gasteiger partial charge in [-0.2, -0.15) is 31.4 Å². The van der Waals surface area contributed by atoms with E-state index in [9.17, 15) is 41.0 Å². The maximum Gasteiger partial charge on any atom is 0.423 e. The van der Waals surface area contributed by atoms with Crippen molar-refractivity contribution < 1.29 is 36.2 Å². The van der Waals surface area contributed by atoms with Crippen LogP contribution in [0, 0.1) is 0 Å². The predicted molar refractivity (Wildman–Crippen MR) is 122 cm³/mol. The molecule has 3 heterocycles. The van der Waals surface area contributed by atoms with Crippen LogP contribution in [0.2, 0.25) is 0 Å². The van der Waals surface area contributed by atoms with E-state index >= 15 is 0 Å². The number of hydrogen-bond donors (Lipinski definition) is 4. The number of urea groups is 1. The number of carbonyl (C=O) groups excluding carboxylic acids is 1. The zero-order valence-corrected chi connectivity index (χ0v) is 19.8. The minimum Gasteiger partial charge on any atom is -0.394 e. The third kappa shape index (κ3) is 7.11. The SMILES string of the molecule is CC(/C=C/CNC(=O)N1CCN(c2ncc(C(F)(F)F)cn2)C(CO)C1)Nc1cn[nH]c(=O)c1C(F)(F)F. The van der Waals surface area contributed by atoms with Crippen LogP contribution in [0.3, 0.4) is 0 Å². The first-order valence-corrected chi connectivity index (χ1v) is 11.2. The maximum absolute atomic E-state index is 13.1. The molecule has 1 aliphatic heterocycles. The maximum atomic E-state index is 13.1. The van der Waals surface area contributed by atoms with Crippen molar-refractivity contribution >= 4 is 17.7 Å². The highest BCUT2D eigenvalue weighted by molar-refractivity contribution is 5.74. The Bertz CT molecular complexity index is 1190. The minimum absolute atomic E-state index is 0.00850. The van der Waals surface area contributed by atoms with Gasteiger partial charge in [-0.25, -0.2) is 19.9 Å². The summed E-state index contributed by atoms with van der Waals surface area (Å²) in [5.41, 5.74) is -4.28. The number of amides is 2. The Morgan fingerprint density at radius 1 is 1.18 bits per heavy atom. The number of anilines is 2. The lowest BCUT2D eigenvalue weighted by atomic mass is 10.2. The number of H-pyrrole nitrogens is 1. The van der Waals surface area contributed by atoms with Crippen LogP contribution < -0.4 is 21.1 Å². The summed E-state index contributed by atoms with van der Waals surface area (Å²) < 4.78 is 77.6. The summed E-state index contributed by atoms with van der Waals surface area (Å²) >= 11 is 0.